The summed E-state index contributed by atoms with van der Waals surface area (Å²) in [4.78, 5) is 24.3. The fraction of sp³-hybridized carbons (Fsp3) is 0.364. The number of pyridine rings is 1. The van der Waals surface area contributed by atoms with Gasteiger partial charge in [0.1, 0.15) is 12.1 Å². The average molecular weight is 377 g/mol. The molecule has 1 amide bonds. The number of unbranched alkanes of at least 4 members (excludes halogenated alkanes) is 5. The molecule has 28 heavy (non-hydrogen) atoms. The summed E-state index contributed by atoms with van der Waals surface area (Å²) in [5.41, 5.74) is 7.72. The maximum Gasteiger partial charge on any atom is 0.250 e. The van der Waals surface area contributed by atoms with Gasteiger partial charge >= 0.3 is 0 Å². The Labute approximate surface area is 165 Å². The van der Waals surface area contributed by atoms with Crippen LogP contribution < -0.4 is 11.1 Å². The van der Waals surface area contributed by atoms with Crippen molar-refractivity contribution in [3.05, 3.63) is 60.2 Å². The number of primary amides is 1. The van der Waals surface area contributed by atoms with Crippen molar-refractivity contribution in [2.24, 2.45) is 5.73 Å². The van der Waals surface area contributed by atoms with Crippen molar-refractivity contribution in [3.8, 4) is 0 Å². The molecule has 1 aromatic carbocycles. The first-order valence-electron chi connectivity index (χ1n) is 9.93. The summed E-state index contributed by atoms with van der Waals surface area (Å²) in [6.45, 7) is 0.914. The third kappa shape index (κ3) is 5.49. The molecule has 6 nitrogen and oxygen atoms in total. The Bertz CT molecular complexity index is 907. The highest BCUT2D eigenvalue weighted by Crippen LogP contribution is 2.18. The molecule has 0 saturated carbocycles. The summed E-state index contributed by atoms with van der Waals surface area (Å²) in [5, 5.41) is 4.49. The van der Waals surface area contributed by atoms with E-state index < -0.39 is 5.91 Å². The second-order valence-electron chi connectivity index (χ2n) is 6.90. The molecule has 0 bridgehead atoms. The number of carbonyl (C=O) groups excluding carboxylic acids is 1. The van der Waals surface area contributed by atoms with Crippen molar-refractivity contribution in [1.82, 2.24) is 15.0 Å². The van der Waals surface area contributed by atoms with Crippen LogP contribution in [0.15, 0.2) is 48.9 Å². The Balaban J connectivity index is 1.29. The van der Waals surface area contributed by atoms with E-state index in [9.17, 15) is 4.79 Å². The van der Waals surface area contributed by atoms with E-state index in [1.54, 1.807) is 24.7 Å². The quantitative estimate of drug-likeness (QED) is 0.490. The van der Waals surface area contributed by atoms with E-state index in [0.29, 0.717) is 5.56 Å². The van der Waals surface area contributed by atoms with Gasteiger partial charge in [0.15, 0.2) is 0 Å². The van der Waals surface area contributed by atoms with Crippen molar-refractivity contribution in [2.75, 3.05) is 11.9 Å². The third-order valence-electron chi connectivity index (χ3n) is 4.83. The van der Waals surface area contributed by atoms with Crippen LogP contribution in [-0.2, 0) is 6.42 Å². The van der Waals surface area contributed by atoms with Gasteiger partial charge in [-0.25, -0.2) is 9.97 Å². The van der Waals surface area contributed by atoms with Gasteiger partial charge in [0, 0.05) is 18.1 Å². The van der Waals surface area contributed by atoms with Gasteiger partial charge in [-0.2, -0.15) is 0 Å². The Morgan fingerprint density at radius 1 is 0.893 bits per heavy atom. The van der Waals surface area contributed by atoms with E-state index in [1.807, 2.05) is 24.3 Å². The Kier molecular flexibility index (Phi) is 7.29. The number of nitrogens with one attached hydrogen (secondary N) is 1. The van der Waals surface area contributed by atoms with E-state index in [-0.39, 0.29) is 0 Å². The number of aromatic nitrogens is 3. The third-order valence-corrected chi connectivity index (χ3v) is 4.83. The van der Waals surface area contributed by atoms with Gasteiger partial charge in [-0.05, 0) is 43.5 Å². The van der Waals surface area contributed by atoms with Crippen molar-refractivity contribution < 1.29 is 4.79 Å². The Morgan fingerprint density at radius 3 is 2.54 bits per heavy atom. The van der Waals surface area contributed by atoms with Gasteiger partial charge in [-0.3, -0.25) is 9.78 Å². The molecule has 2 aromatic heterocycles. The maximum absolute atomic E-state index is 11.4. The predicted octanol–water partition coefficient (Wildman–Crippen LogP) is 4.12. The first-order valence-corrected chi connectivity index (χ1v) is 9.93. The molecule has 0 aliphatic heterocycles. The fourth-order valence-corrected chi connectivity index (χ4v) is 3.34. The zero-order chi connectivity index (χ0) is 19.6. The smallest absolute Gasteiger partial charge is 0.250 e. The molecule has 0 unspecified atom stereocenters. The minimum Gasteiger partial charge on any atom is -0.369 e. The molecule has 3 N–H and O–H groups in total. The van der Waals surface area contributed by atoms with E-state index >= 15 is 0 Å². The molecule has 0 fully saturated rings. The highest BCUT2D eigenvalue weighted by Gasteiger charge is 2.08. The lowest BCUT2D eigenvalue weighted by atomic mass is 10.0. The molecule has 0 aliphatic carbocycles. The lowest BCUT2D eigenvalue weighted by Crippen LogP contribution is -2.14. The molecule has 146 valence electrons. The second kappa shape index (κ2) is 10.3. The molecule has 0 aliphatic rings. The maximum atomic E-state index is 11.4. The largest absolute Gasteiger partial charge is 0.369 e. The number of amides is 1. The molecule has 0 radical (unpaired) electrons. The lowest BCUT2D eigenvalue weighted by molar-refractivity contribution is 0.0999. The number of nitrogens with two attached hydrogens (primary N) is 1. The number of rotatable bonds is 11. The molecule has 3 aromatic rings. The number of benzene rings is 1. The van der Waals surface area contributed by atoms with E-state index in [0.717, 1.165) is 54.6 Å². The van der Waals surface area contributed by atoms with Gasteiger partial charge in [-0.1, -0.05) is 37.8 Å². The molecular formula is C22H27N5O. The molecule has 6 heteroatoms. The lowest BCUT2D eigenvalue weighted by Gasteiger charge is -2.08. The highest BCUT2D eigenvalue weighted by atomic mass is 16.1. The van der Waals surface area contributed by atoms with Gasteiger partial charge < -0.3 is 11.1 Å². The number of hydrogen-bond donors (Lipinski definition) is 2. The van der Waals surface area contributed by atoms with Crippen LogP contribution in [0.4, 0.5) is 5.82 Å². The normalized spacial score (nSPS) is 10.9. The Morgan fingerprint density at radius 2 is 1.68 bits per heavy atom. The van der Waals surface area contributed by atoms with E-state index in [2.05, 4.69) is 20.3 Å². The summed E-state index contributed by atoms with van der Waals surface area (Å²) in [6, 6.07) is 11.5. The van der Waals surface area contributed by atoms with Crippen LogP contribution in [0.2, 0.25) is 0 Å². The average Bonchev–Trinajstić information content (AvgIpc) is 2.73. The molecular weight excluding hydrogens is 350 g/mol. The number of carbonyl (C=O) groups is 1. The summed E-state index contributed by atoms with van der Waals surface area (Å²) in [7, 11) is 0. The molecule has 2 heterocycles. The number of para-hydroxylation sites is 1. The summed E-state index contributed by atoms with van der Waals surface area (Å²) in [5.74, 6) is 0.512. The standard InChI is InChI=1S/C22H27N5O/c23-21(28)17-11-9-15-24-19(17)12-5-3-1-2-4-8-14-25-22-18-10-6-7-13-20(18)26-16-27-22/h6-7,9-11,13,15-16H,1-5,8,12,14H2,(H2,23,28)(H,25,26,27). The molecule has 0 saturated heterocycles. The summed E-state index contributed by atoms with van der Waals surface area (Å²) < 4.78 is 0. The van der Waals surface area contributed by atoms with Crippen LogP contribution in [-0.4, -0.2) is 27.4 Å². The van der Waals surface area contributed by atoms with Crippen molar-refractivity contribution in [2.45, 2.75) is 44.9 Å². The van der Waals surface area contributed by atoms with Crippen LogP contribution in [0, 0.1) is 0 Å². The monoisotopic (exact) mass is 377 g/mol. The summed E-state index contributed by atoms with van der Waals surface area (Å²) >= 11 is 0. The highest BCUT2D eigenvalue weighted by molar-refractivity contribution is 5.93. The van der Waals surface area contributed by atoms with Gasteiger partial charge in [0.25, 0.3) is 5.91 Å². The fourth-order valence-electron chi connectivity index (χ4n) is 3.34. The van der Waals surface area contributed by atoms with Crippen molar-refractivity contribution in [3.63, 3.8) is 0 Å². The van der Waals surface area contributed by atoms with Crippen LogP contribution in [0.3, 0.4) is 0 Å². The zero-order valence-electron chi connectivity index (χ0n) is 16.1. The number of fused-ring (bicyclic) bond motifs is 1. The van der Waals surface area contributed by atoms with Crippen molar-refractivity contribution >= 4 is 22.6 Å². The van der Waals surface area contributed by atoms with Crippen LogP contribution in [0.25, 0.3) is 10.9 Å². The SMILES string of the molecule is NC(=O)c1cccnc1CCCCCCCCNc1ncnc2ccccc12. The van der Waals surface area contributed by atoms with Gasteiger partial charge in [-0.15, -0.1) is 0 Å². The van der Waals surface area contributed by atoms with Crippen LogP contribution in [0.5, 0.6) is 0 Å². The molecule has 0 spiro atoms. The topological polar surface area (TPSA) is 93.8 Å². The van der Waals surface area contributed by atoms with Crippen LogP contribution >= 0.6 is 0 Å². The summed E-state index contributed by atoms with van der Waals surface area (Å²) in [6.07, 6.45) is 11.0. The second-order valence-corrected chi connectivity index (χ2v) is 6.90. The molecule has 3 rings (SSSR count). The minimum atomic E-state index is -0.396. The minimum absolute atomic E-state index is 0.396. The predicted molar refractivity (Wildman–Crippen MR) is 112 cm³/mol. The Hall–Kier alpha value is -3.02. The number of anilines is 1. The zero-order valence-corrected chi connectivity index (χ0v) is 16.1. The van der Waals surface area contributed by atoms with Crippen molar-refractivity contribution in [1.29, 1.82) is 0 Å². The van der Waals surface area contributed by atoms with Crippen LogP contribution in [0.1, 0.15) is 54.6 Å². The van der Waals surface area contributed by atoms with E-state index in [4.69, 9.17) is 5.73 Å². The van der Waals surface area contributed by atoms with Gasteiger partial charge in [0.05, 0.1) is 16.8 Å². The van der Waals surface area contributed by atoms with Gasteiger partial charge in [0.2, 0.25) is 0 Å². The number of nitrogens with zero attached hydrogens (tertiary/aromatic N) is 3. The first kappa shape index (κ1) is 19.7. The molecule has 0 atom stereocenters. The number of aryl methyl sites for hydroxylation is 1. The number of hydrogen-bond acceptors (Lipinski definition) is 5. The first-order chi connectivity index (χ1) is 13.8. The van der Waals surface area contributed by atoms with E-state index in [1.165, 1.54) is 19.3 Å².